The van der Waals surface area contributed by atoms with Gasteiger partial charge in [0.25, 0.3) is 5.91 Å². The van der Waals surface area contributed by atoms with E-state index in [0.29, 0.717) is 33.9 Å². The highest BCUT2D eigenvalue weighted by Gasteiger charge is 2.15. The van der Waals surface area contributed by atoms with E-state index in [1.54, 1.807) is 36.4 Å². The summed E-state index contributed by atoms with van der Waals surface area (Å²) < 4.78 is 16.6. The van der Waals surface area contributed by atoms with Crippen LogP contribution in [0.25, 0.3) is 10.8 Å². The number of benzene rings is 4. The van der Waals surface area contributed by atoms with Gasteiger partial charge < -0.3 is 19.3 Å². The summed E-state index contributed by atoms with van der Waals surface area (Å²) in [4.78, 5) is 24.0. The number of carbonyl (C=O) groups is 2. The first-order valence-electron chi connectivity index (χ1n) is 11.1. The number of halogens is 1. The second-order valence-corrected chi connectivity index (χ2v) is 8.33. The van der Waals surface area contributed by atoms with Crippen molar-refractivity contribution < 1.29 is 28.9 Å². The maximum atomic E-state index is 12.8. The van der Waals surface area contributed by atoms with E-state index < -0.39 is 11.9 Å². The molecule has 9 heteroatoms. The van der Waals surface area contributed by atoms with Gasteiger partial charge >= 0.3 is 5.97 Å². The van der Waals surface area contributed by atoms with E-state index >= 15 is 0 Å². The first kappa shape index (κ1) is 25.5. The third kappa shape index (κ3) is 5.99. The molecule has 0 atom stereocenters. The van der Waals surface area contributed by atoms with E-state index in [2.05, 4.69) is 10.5 Å². The van der Waals surface area contributed by atoms with Gasteiger partial charge in [0.1, 0.15) is 12.4 Å². The van der Waals surface area contributed by atoms with Gasteiger partial charge in [-0.1, -0.05) is 48.0 Å². The average Bonchev–Trinajstić information content (AvgIpc) is 2.91. The molecular formula is C28H23ClN2O6. The molecule has 0 aromatic heterocycles. The number of methoxy groups -OCH3 is 2. The number of hydrogen-bond donors (Lipinski definition) is 2. The van der Waals surface area contributed by atoms with E-state index in [0.717, 1.165) is 10.8 Å². The molecule has 1 amide bonds. The summed E-state index contributed by atoms with van der Waals surface area (Å²) in [6.45, 7) is 0.0916. The van der Waals surface area contributed by atoms with Crippen molar-refractivity contribution in [2.24, 2.45) is 5.10 Å². The third-order valence-corrected chi connectivity index (χ3v) is 5.78. The number of hydrogen-bond acceptors (Lipinski definition) is 6. The standard InChI is InChI=1S/C28H23ClN2O6/c1-35-24-14-20-8-4-3-7-19(20)13-22(24)27(32)31-30-15-18-11-23(29)26(25(12-18)36-2)37-16-17-6-5-9-21(10-17)28(33)34/h3-15H,16H2,1-2H3,(H,31,32)(H,33,34)/b30-15-. The van der Waals surface area contributed by atoms with Crippen LogP contribution in [-0.2, 0) is 6.61 Å². The molecule has 4 rings (SSSR count). The van der Waals surface area contributed by atoms with E-state index in [1.165, 1.54) is 32.6 Å². The topological polar surface area (TPSA) is 106 Å². The first-order valence-corrected chi connectivity index (χ1v) is 11.5. The van der Waals surface area contributed by atoms with Crippen molar-refractivity contribution in [3.63, 3.8) is 0 Å². The van der Waals surface area contributed by atoms with Crippen LogP contribution in [0.15, 0.2) is 77.9 Å². The highest BCUT2D eigenvalue weighted by atomic mass is 35.5. The van der Waals surface area contributed by atoms with Gasteiger partial charge in [-0.05, 0) is 58.3 Å². The minimum Gasteiger partial charge on any atom is -0.496 e. The molecular weight excluding hydrogens is 496 g/mol. The summed E-state index contributed by atoms with van der Waals surface area (Å²) in [7, 11) is 2.98. The van der Waals surface area contributed by atoms with Crippen molar-refractivity contribution in [3.8, 4) is 17.2 Å². The Morgan fingerprint density at radius 3 is 2.38 bits per heavy atom. The van der Waals surface area contributed by atoms with Crippen LogP contribution < -0.4 is 19.6 Å². The lowest BCUT2D eigenvalue weighted by Crippen LogP contribution is -2.18. The van der Waals surface area contributed by atoms with Gasteiger partial charge in [0.05, 0.1) is 36.6 Å². The number of carboxylic acids is 1. The normalized spacial score (nSPS) is 10.9. The summed E-state index contributed by atoms with van der Waals surface area (Å²) >= 11 is 6.43. The lowest BCUT2D eigenvalue weighted by Gasteiger charge is -2.13. The van der Waals surface area contributed by atoms with Crippen LogP contribution in [0.2, 0.25) is 5.02 Å². The van der Waals surface area contributed by atoms with Crippen LogP contribution >= 0.6 is 11.6 Å². The van der Waals surface area contributed by atoms with Gasteiger partial charge in [-0.2, -0.15) is 5.10 Å². The zero-order valence-corrected chi connectivity index (χ0v) is 20.8. The summed E-state index contributed by atoms with van der Waals surface area (Å²) in [6.07, 6.45) is 1.43. The Balaban J connectivity index is 1.48. The predicted octanol–water partition coefficient (Wildman–Crippen LogP) is 5.55. The Morgan fingerprint density at radius 2 is 1.68 bits per heavy atom. The molecule has 2 N–H and O–H groups in total. The van der Waals surface area contributed by atoms with Gasteiger partial charge in [-0.25, -0.2) is 10.2 Å². The second-order valence-electron chi connectivity index (χ2n) is 7.93. The van der Waals surface area contributed by atoms with Crippen LogP contribution in [0.3, 0.4) is 0 Å². The Hall–Kier alpha value is -4.56. The average molecular weight is 519 g/mol. The molecule has 0 fully saturated rings. The maximum Gasteiger partial charge on any atom is 0.335 e. The van der Waals surface area contributed by atoms with Crippen LogP contribution in [0.1, 0.15) is 31.8 Å². The number of aromatic carboxylic acids is 1. The fourth-order valence-corrected chi connectivity index (χ4v) is 3.97. The first-order chi connectivity index (χ1) is 17.9. The molecule has 0 heterocycles. The Kier molecular flexibility index (Phi) is 7.90. The molecule has 0 aliphatic heterocycles. The van der Waals surface area contributed by atoms with Crippen LogP contribution in [0, 0.1) is 0 Å². The smallest absolute Gasteiger partial charge is 0.335 e. The van der Waals surface area contributed by atoms with Gasteiger partial charge in [-0.3, -0.25) is 4.79 Å². The number of nitrogens with one attached hydrogen (secondary N) is 1. The van der Waals surface area contributed by atoms with Crippen molar-refractivity contribution in [2.45, 2.75) is 6.61 Å². The maximum absolute atomic E-state index is 12.8. The number of fused-ring (bicyclic) bond motifs is 1. The van der Waals surface area contributed by atoms with E-state index in [9.17, 15) is 9.59 Å². The van der Waals surface area contributed by atoms with Crippen LogP contribution in [0.4, 0.5) is 0 Å². The number of carbonyl (C=O) groups excluding carboxylic acids is 1. The van der Waals surface area contributed by atoms with Crippen molar-refractivity contribution in [1.82, 2.24) is 5.43 Å². The van der Waals surface area contributed by atoms with E-state index in [-0.39, 0.29) is 17.2 Å². The van der Waals surface area contributed by atoms with Crippen LogP contribution in [0.5, 0.6) is 17.2 Å². The van der Waals surface area contributed by atoms with Gasteiger partial charge in [0.2, 0.25) is 0 Å². The van der Waals surface area contributed by atoms with Crippen molar-refractivity contribution in [1.29, 1.82) is 0 Å². The molecule has 0 unspecified atom stereocenters. The molecule has 0 saturated heterocycles. The highest BCUT2D eigenvalue weighted by Crippen LogP contribution is 2.36. The SMILES string of the molecule is COc1cc2ccccc2cc1C(=O)N/N=C\c1cc(Cl)c(OCc2cccc(C(=O)O)c2)c(OC)c1. The van der Waals surface area contributed by atoms with Gasteiger partial charge in [0.15, 0.2) is 11.5 Å². The number of ether oxygens (including phenoxy) is 3. The van der Waals surface area contributed by atoms with Crippen molar-refractivity contribution in [3.05, 3.63) is 100 Å². The molecule has 0 spiro atoms. The minimum absolute atomic E-state index is 0.0916. The summed E-state index contributed by atoms with van der Waals surface area (Å²) in [6, 6.07) is 20.9. The number of nitrogens with zero attached hydrogens (tertiary/aromatic N) is 1. The predicted molar refractivity (Wildman–Crippen MR) is 141 cm³/mol. The molecule has 37 heavy (non-hydrogen) atoms. The Labute approximate surface area is 218 Å². The Morgan fingerprint density at radius 1 is 0.946 bits per heavy atom. The number of amides is 1. The van der Waals surface area contributed by atoms with Gasteiger partial charge in [0, 0.05) is 0 Å². The molecule has 4 aromatic carbocycles. The lowest BCUT2D eigenvalue weighted by molar-refractivity contribution is 0.0696. The van der Waals surface area contributed by atoms with Crippen molar-refractivity contribution in [2.75, 3.05) is 14.2 Å². The molecule has 188 valence electrons. The fraction of sp³-hybridized carbons (Fsp3) is 0.107. The van der Waals surface area contributed by atoms with E-state index in [1.807, 2.05) is 24.3 Å². The Bertz CT molecular complexity index is 1500. The highest BCUT2D eigenvalue weighted by molar-refractivity contribution is 6.32. The summed E-state index contributed by atoms with van der Waals surface area (Å²) in [5, 5.41) is 15.3. The third-order valence-electron chi connectivity index (χ3n) is 5.50. The molecule has 0 bridgehead atoms. The number of rotatable bonds is 9. The monoisotopic (exact) mass is 518 g/mol. The minimum atomic E-state index is -1.02. The molecule has 0 saturated carbocycles. The van der Waals surface area contributed by atoms with Crippen LogP contribution in [-0.4, -0.2) is 37.4 Å². The largest absolute Gasteiger partial charge is 0.496 e. The zero-order valence-electron chi connectivity index (χ0n) is 20.0. The molecule has 4 aromatic rings. The second kappa shape index (κ2) is 11.5. The fourth-order valence-electron chi connectivity index (χ4n) is 3.70. The van der Waals surface area contributed by atoms with E-state index in [4.69, 9.17) is 30.9 Å². The number of hydrazone groups is 1. The zero-order chi connectivity index (χ0) is 26.4. The van der Waals surface area contributed by atoms with Crippen molar-refractivity contribution >= 4 is 40.5 Å². The quantitative estimate of drug-likeness (QED) is 0.222. The molecule has 0 radical (unpaired) electrons. The number of carboxylic acid groups (broad SMARTS) is 1. The lowest BCUT2D eigenvalue weighted by atomic mass is 10.1. The molecule has 8 nitrogen and oxygen atoms in total. The molecule has 0 aliphatic carbocycles. The molecule has 0 aliphatic rings. The summed E-state index contributed by atoms with van der Waals surface area (Å²) in [5.41, 5.74) is 4.24. The summed E-state index contributed by atoms with van der Waals surface area (Å²) in [5.74, 6) is -0.364. The van der Waals surface area contributed by atoms with Gasteiger partial charge in [-0.15, -0.1) is 0 Å².